The van der Waals surface area contributed by atoms with Crippen LogP contribution in [0.5, 0.6) is 0 Å². The molecular weight excluding hydrogens is 516 g/mol. The van der Waals surface area contributed by atoms with Crippen molar-refractivity contribution in [1.82, 2.24) is 29.3 Å². The summed E-state index contributed by atoms with van der Waals surface area (Å²) in [6.07, 6.45) is 1.18. The minimum absolute atomic E-state index is 0.212. The van der Waals surface area contributed by atoms with Crippen LogP contribution in [0.15, 0.2) is 43.0 Å². The van der Waals surface area contributed by atoms with Gasteiger partial charge in [-0.1, -0.05) is 30.3 Å². The number of aromatic nitrogens is 4. The Balaban J connectivity index is 1.18. The van der Waals surface area contributed by atoms with Gasteiger partial charge >= 0.3 is 5.97 Å². The zero-order valence-corrected chi connectivity index (χ0v) is 22.4. The molecule has 2 aliphatic heterocycles. The number of carboxylic acids is 1. The number of likely N-dealkylation sites (tertiary alicyclic amines) is 1. The van der Waals surface area contributed by atoms with Crippen LogP contribution in [-0.4, -0.2) is 114 Å². The molecule has 4 heterocycles. The molecule has 5 rings (SSSR count). The lowest BCUT2D eigenvalue weighted by Gasteiger charge is -2.42. The van der Waals surface area contributed by atoms with Crippen molar-refractivity contribution in [3.8, 4) is 0 Å². The predicted octanol–water partition coefficient (Wildman–Crippen LogP) is -0.304. The normalized spacial score (nSPS) is 24.5. The van der Waals surface area contributed by atoms with Crippen molar-refractivity contribution in [3.05, 3.63) is 48.5 Å². The number of aliphatic hydroxyl groups is 2. The molecule has 1 aromatic carbocycles. The third-order valence-electron chi connectivity index (χ3n) is 7.84. The van der Waals surface area contributed by atoms with E-state index in [1.54, 1.807) is 4.57 Å². The zero-order chi connectivity index (χ0) is 28.2. The predicted molar refractivity (Wildman–Crippen MR) is 147 cm³/mol. The van der Waals surface area contributed by atoms with E-state index < -0.39 is 36.6 Å². The first-order valence-corrected chi connectivity index (χ1v) is 13.7. The van der Waals surface area contributed by atoms with Crippen LogP contribution >= 0.6 is 0 Å². The molecular formula is C27H38N8O5. The van der Waals surface area contributed by atoms with E-state index in [2.05, 4.69) is 49.0 Å². The second-order valence-corrected chi connectivity index (χ2v) is 10.8. The molecule has 0 saturated carbocycles. The first-order chi connectivity index (χ1) is 19.3. The minimum Gasteiger partial charge on any atom is -0.480 e. The molecule has 13 nitrogen and oxygen atoms in total. The summed E-state index contributed by atoms with van der Waals surface area (Å²) < 4.78 is 7.68. The number of anilines is 1. The van der Waals surface area contributed by atoms with Gasteiger partial charge in [0.1, 0.15) is 36.2 Å². The number of hydrogen-bond donors (Lipinski definition) is 5. The highest BCUT2D eigenvalue weighted by atomic mass is 16.6. The monoisotopic (exact) mass is 554 g/mol. The molecule has 216 valence electrons. The van der Waals surface area contributed by atoms with E-state index in [0.29, 0.717) is 36.7 Å². The summed E-state index contributed by atoms with van der Waals surface area (Å²) in [6, 6.07) is 9.48. The molecule has 13 heteroatoms. The number of ether oxygens (including phenoxy) is 1. The highest BCUT2D eigenvalue weighted by Gasteiger charge is 2.45. The maximum absolute atomic E-state index is 11.3. The average molecular weight is 555 g/mol. The Kier molecular flexibility index (Phi) is 8.88. The number of hydrogen-bond acceptors (Lipinski definition) is 11. The van der Waals surface area contributed by atoms with Gasteiger partial charge in [0, 0.05) is 32.7 Å². The van der Waals surface area contributed by atoms with Crippen LogP contribution in [0, 0.1) is 5.92 Å². The lowest BCUT2D eigenvalue weighted by Crippen LogP contribution is -2.53. The Hall–Kier alpha value is -3.20. The smallest absolute Gasteiger partial charge is 0.320 e. The number of aliphatic carboxylic acids is 1. The molecule has 0 aliphatic carbocycles. The first-order valence-electron chi connectivity index (χ1n) is 13.7. The summed E-state index contributed by atoms with van der Waals surface area (Å²) in [5.74, 6) is -0.424. The molecule has 7 N–H and O–H groups in total. The molecule has 5 atom stereocenters. The maximum atomic E-state index is 11.3. The van der Waals surface area contributed by atoms with Gasteiger partial charge in [-0.3, -0.25) is 9.36 Å². The summed E-state index contributed by atoms with van der Waals surface area (Å²) >= 11 is 0. The van der Waals surface area contributed by atoms with Crippen molar-refractivity contribution in [2.45, 2.75) is 49.8 Å². The third-order valence-corrected chi connectivity index (χ3v) is 7.84. The largest absolute Gasteiger partial charge is 0.480 e. The fourth-order valence-electron chi connectivity index (χ4n) is 5.61. The van der Waals surface area contributed by atoms with E-state index in [4.69, 9.17) is 16.2 Å². The number of nitrogen functional groups attached to an aromatic ring is 1. The number of aliphatic hydroxyl groups excluding tert-OH is 2. The molecule has 2 saturated heterocycles. The standard InChI is InChI=1S/C27H38N8O5/c28-19(27(38)39)8-10-34(13-18-11-33(12-18)9-4-7-17-5-2-1-3-6-17)14-20-22(36)23(37)26(40-20)35-16-32-21-24(29)30-15-31-25(21)35/h1-3,5-6,15-16,18-20,22-23,26,36-37H,4,7-14,28H2,(H,38,39)(H2,29,30,31)/t19-,20+,22+,23+,26+/m0/s1. The number of imidazole rings is 1. The van der Waals surface area contributed by atoms with E-state index >= 15 is 0 Å². The van der Waals surface area contributed by atoms with E-state index in [1.807, 2.05) is 6.07 Å². The number of nitrogens with two attached hydrogens (primary N) is 2. The zero-order valence-electron chi connectivity index (χ0n) is 22.4. The molecule has 2 aliphatic rings. The van der Waals surface area contributed by atoms with Crippen molar-refractivity contribution in [3.63, 3.8) is 0 Å². The van der Waals surface area contributed by atoms with Crippen LogP contribution in [0.25, 0.3) is 11.2 Å². The SMILES string of the molecule is Nc1ncnc2c1ncn2[C@@H]1O[C@H](CN(CC[C@H](N)C(=O)O)CC2CN(CCCc3ccccc3)C2)[C@@H](O)[C@H]1O. The summed E-state index contributed by atoms with van der Waals surface area (Å²) in [5, 5.41) is 31.0. The molecule has 0 unspecified atom stereocenters. The van der Waals surface area contributed by atoms with Gasteiger partial charge in [0.25, 0.3) is 0 Å². The van der Waals surface area contributed by atoms with Crippen LogP contribution < -0.4 is 11.5 Å². The van der Waals surface area contributed by atoms with Crippen molar-refractivity contribution in [1.29, 1.82) is 0 Å². The highest BCUT2D eigenvalue weighted by Crippen LogP contribution is 2.32. The Morgan fingerprint density at radius 1 is 1.12 bits per heavy atom. The van der Waals surface area contributed by atoms with Crippen LogP contribution in [0.1, 0.15) is 24.6 Å². The molecule has 0 amide bonds. The van der Waals surface area contributed by atoms with Crippen LogP contribution in [-0.2, 0) is 16.0 Å². The molecule has 3 aromatic rings. The fraction of sp³-hybridized carbons (Fsp3) is 0.556. The number of carbonyl (C=O) groups is 1. The Morgan fingerprint density at radius 3 is 2.65 bits per heavy atom. The van der Waals surface area contributed by atoms with Gasteiger partial charge in [0.05, 0.1) is 6.33 Å². The summed E-state index contributed by atoms with van der Waals surface area (Å²) in [7, 11) is 0. The van der Waals surface area contributed by atoms with Gasteiger partial charge in [-0.2, -0.15) is 0 Å². The second-order valence-electron chi connectivity index (χ2n) is 10.8. The van der Waals surface area contributed by atoms with Crippen molar-refractivity contribution >= 4 is 23.0 Å². The third kappa shape index (κ3) is 6.40. The number of rotatable bonds is 13. The number of fused-ring (bicyclic) bond motifs is 1. The van der Waals surface area contributed by atoms with E-state index in [9.17, 15) is 20.1 Å². The Morgan fingerprint density at radius 2 is 1.90 bits per heavy atom. The van der Waals surface area contributed by atoms with Gasteiger partial charge in [-0.15, -0.1) is 0 Å². The number of aryl methyl sites for hydroxylation is 1. The number of nitrogens with zero attached hydrogens (tertiary/aromatic N) is 6. The average Bonchev–Trinajstić information content (AvgIpc) is 3.47. The molecule has 40 heavy (non-hydrogen) atoms. The quantitative estimate of drug-likeness (QED) is 0.186. The summed E-state index contributed by atoms with van der Waals surface area (Å²) in [4.78, 5) is 28.2. The van der Waals surface area contributed by atoms with Crippen LogP contribution in [0.3, 0.4) is 0 Å². The second kappa shape index (κ2) is 12.5. The highest BCUT2D eigenvalue weighted by molar-refractivity contribution is 5.81. The van der Waals surface area contributed by atoms with Gasteiger partial charge < -0.3 is 41.3 Å². The van der Waals surface area contributed by atoms with E-state index in [0.717, 1.165) is 32.5 Å². The van der Waals surface area contributed by atoms with Gasteiger partial charge in [0.2, 0.25) is 0 Å². The first kappa shape index (κ1) is 28.3. The fourth-order valence-corrected chi connectivity index (χ4v) is 5.61. The van der Waals surface area contributed by atoms with Crippen molar-refractivity contribution in [2.75, 3.05) is 45.0 Å². The summed E-state index contributed by atoms with van der Waals surface area (Å²) in [5.41, 5.74) is 13.8. The van der Waals surface area contributed by atoms with Crippen molar-refractivity contribution < 1.29 is 24.9 Å². The summed E-state index contributed by atoms with van der Waals surface area (Å²) in [6.45, 7) is 4.40. The Labute approximate surface area is 232 Å². The van der Waals surface area contributed by atoms with Gasteiger partial charge in [-0.25, -0.2) is 15.0 Å². The number of benzene rings is 1. The van der Waals surface area contributed by atoms with E-state index in [1.165, 1.54) is 18.2 Å². The lowest BCUT2D eigenvalue weighted by atomic mass is 9.97. The van der Waals surface area contributed by atoms with Crippen molar-refractivity contribution in [2.24, 2.45) is 11.7 Å². The molecule has 0 bridgehead atoms. The van der Waals surface area contributed by atoms with Crippen LogP contribution in [0.2, 0.25) is 0 Å². The molecule has 2 aromatic heterocycles. The lowest BCUT2D eigenvalue weighted by molar-refractivity contribution is -0.138. The molecule has 0 radical (unpaired) electrons. The Bertz CT molecular complexity index is 1270. The number of carboxylic acid groups (broad SMARTS) is 1. The van der Waals surface area contributed by atoms with Gasteiger partial charge in [0.15, 0.2) is 17.7 Å². The maximum Gasteiger partial charge on any atom is 0.320 e. The van der Waals surface area contributed by atoms with E-state index in [-0.39, 0.29) is 12.2 Å². The minimum atomic E-state index is -1.22. The van der Waals surface area contributed by atoms with Crippen LogP contribution in [0.4, 0.5) is 5.82 Å². The van der Waals surface area contributed by atoms with Gasteiger partial charge in [-0.05, 0) is 37.3 Å². The molecule has 2 fully saturated rings. The topological polar surface area (TPSA) is 189 Å². The molecule has 0 spiro atoms.